The Balaban J connectivity index is 1.71. The molecule has 1 atom stereocenters. The van der Waals surface area contributed by atoms with Crippen molar-refractivity contribution in [3.63, 3.8) is 0 Å². The predicted octanol–water partition coefficient (Wildman–Crippen LogP) is 2.17. The van der Waals surface area contributed by atoms with E-state index in [1.165, 1.54) is 11.1 Å². The van der Waals surface area contributed by atoms with Crippen LogP contribution in [-0.4, -0.2) is 43.7 Å². The number of fused-ring (bicyclic) bond motifs is 1. The lowest BCUT2D eigenvalue weighted by atomic mass is 10.0. The third-order valence-electron chi connectivity index (χ3n) is 4.17. The van der Waals surface area contributed by atoms with E-state index in [0.717, 1.165) is 55.5 Å². The highest BCUT2D eigenvalue weighted by molar-refractivity contribution is 6.32. The van der Waals surface area contributed by atoms with Crippen LogP contribution in [0.15, 0.2) is 6.07 Å². The number of hydrogen-bond acceptors (Lipinski definition) is 3. The van der Waals surface area contributed by atoms with Gasteiger partial charge < -0.3 is 10.1 Å². The van der Waals surface area contributed by atoms with Gasteiger partial charge in [0.2, 0.25) is 0 Å². The van der Waals surface area contributed by atoms with E-state index in [0.29, 0.717) is 0 Å². The highest BCUT2D eigenvalue weighted by Gasteiger charge is 2.28. The van der Waals surface area contributed by atoms with E-state index in [1.807, 2.05) is 6.92 Å². The second-order valence-electron chi connectivity index (χ2n) is 5.60. The van der Waals surface area contributed by atoms with Crippen LogP contribution in [0.25, 0.3) is 0 Å². The van der Waals surface area contributed by atoms with Crippen molar-refractivity contribution in [2.24, 2.45) is 0 Å². The highest BCUT2D eigenvalue weighted by atomic mass is 35.5. The van der Waals surface area contributed by atoms with Crippen LogP contribution in [0.4, 0.5) is 0 Å². The minimum Gasteiger partial charge on any atom is -0.488 e. The Labute approximate surface area is 119 Å². The first-order chi connectivity index (χ1) is 9.15. The average Bonchev–Trinajstić information content (AvgIpc) is 2.80. The Morgan fingerprint density at radius 3 is 2.84 bits per heavy atom. The van der Waals surface area contributed by atoms with Crippen molar-refractivity contribution in [2.45, 2.75) is 26.4 Å². The average molecular weight is 281 g/mol. The molecule has 0 spiro atoms. The fourth-order valence-electron chi connectivity index (χ4n) is 3.05. The van der Waals surface area contributed by atoms with Gasteiger partial charge in [0.05, 0.1) is 0 Å². The van der Waals surface area contributed by atoms with Crippen molar-refractivity contribution in [3.8, 4) is 5.75 Å². The SMILES string of the molecule is Cc1cc2c(c(C)c1Cl)CC(CN1CCNCC1)O2. The minimum atomic E-state index is 0.282. The molecule has 1 saturated heterocycles. The first-order valence-corrected chi connectivity index (χ1v) is 7.41. The second kappa shape index (κ2) is 5.31. The van der Waals surface area contributed by atoms with Gasteiger partial charge in [0, 0.05) is 49.7 Å². The molecule has 2 heterocycles. The summed E-state index contributed by atoms with van der Waals surface area (Å²) in [6.45, 7) is 9.58. The van der Waals surface area contributed by atoms with Crippen molar-refractivity contribution in [3.05, 3.63) is 27.8 Å². The lowest BCUT2D eigenvalue weighted by Crippen LogP contribution is -2.47. The van der Waals surface area contributed by atoms with Gasteiger partial charge in [-0.05, 0) is 31.0 Å². The third-order valence-corrected chi connectivity index (χ3v) is 4.75. The smallest absolute Gasteiger partial charge is 0.123 e. The maximum Gasteiger partial charge on any atom is 0.123 e. The molecule has 0 radical (unpaired) electrons. The van der Waals surface area contributed by atoms with E-state index in [9.17, 15) is 0 Å². The summed E-state index contributed by atoms with van der Waals surface area (Å²) in [7, 11) is 0. The lowest BCUT2D eigenvalue weighted by molar-refractivity contribution is 0.139. The van der Waals surface area contributed by atoms with Gasteiger partial charge in [-0.1, -0.05) is 11.6 Å². The van der Waals surface area contributed by atoms with Crippen LogP contribution in [0.1, 0.15) is 16.7 Å². The molecule has 1 fully saturated rings. The van der Waals surface area contributed by atoms with Gasteiger partial charge in [-0.15, -0.1) is 0 Å². The van der Waals surface area contributed by atoms with Gasteiger partial charge in [0.25, 0.3) is 0 Å². The van der Waals surface area contributed by atoms with Crippen LogP contribution < -0.4 is 10.1 Å². The number of rotatable bonds is 2. The molecule has 4 heteroatoms. The molecule has 1 aromatic carbocycles. The van der Waals surface area contributed by atoms with E-state index < -0.39 is 0 Å². The van der Waals surface area contributed by atoms with Crippen LogP contribution in [0.2, 0.25) is 5.02 Å². The number of aryl methyl sites for hydroxylation is 1. The second-order valence-corrected chi connectivity index (χ2v) is 5.98. The van der Waals surface area contributed by atoms with Crippen molar-refractivity contribution in [1.82, 2.24) is 10.2 Å². The number of halogens is 1. The van der Waals surface area contributed by atoms with Gasteiger partial charge in [-0.25, -0.2) is 0 Å². The van der Waals surface area contributed by atoms with Crippen LogP contribution in [0.3, 0.4) is 0 Å². The zero-order chi connectivity index (χ0) is 13.4. The van der Waals surface area contributed by atoms with E-state index in [2.05, 4.69) is 23.2 Å². The van der Waals surface area contributed by atoms with E-state index in [1.54, 1.807) is 0 Å². The molecule has 1 unspecified atom stereocenters. The summed E-state index contributed by atoms with van der Waals surface area (Å²) >= 11 is 6.33. The van der Waals surface area contributed by atoms with E-state index in [-0.39, 0.29) is 6.10 Å². The molecular formula is C15H21ClN2O. The summed E-state index contributed by atoms with van der Waals surface area (Å²) in [6.07, 6.45) is 1.27. The standard InChI is InChI=1S/C15H21ClN2O/c1-10-7-14-13(11(2)15(10)16)8-12(19-14)9-18-5-3-17-4-6-18/h7,12,17H,3-6,8-9H2,1-2H3. The van der Waals surface area contributed by atoms with Gasteiger partial charge in [-0.3, -0.25) is 4.90 Å². The number of nitrogens with zero attached hydrogens (tertiary/aromatic N) is 1. The topological polar surface area (TPSA) is 24.5 Å². The van der Waals surface area contributed by atoms with Crippen molar-refractivity contribution in [1.29, 1.82) is 0 Å². The van der Waals surface area contributed by atoms with Crippen molar-refractivity contribution < 1.29 is 4.74 Å². The quantitative estimate of drug-likeness (QED) is 0.899. The Morgan fingerprint density at radius 2 is 2.11 bits per heavy atom. The molecule has 0 aliphatic carbocycles. The number of piperazine rings is 1. The fraction of sp³-hybridized carbons (Fsp3) is 0.600. The maximum atomic E-state index is 6.33. The number of nitrogens with one attached hydrogen (secondary N) is 1. The van der Waals surface area contributed by atoms with E-state index in [4.69, 9.17) is 16.3 Å². The van der Waals surface area contributed by atoms with Gasteiger partial charge in [0.15, 0.2) is 0 Å². The van der Waals surface area contributed by atoms with Crippen molar-refractivity contribution in [2.75, 3.05) is 32.7 Å². The molecule has 19 heavy (non-hydrogen) atoms. The molecule has 2 aliphatic heterocycles. The zero-order valence-electron chi connectivity index (χ0n) is 11.6. The predicted molar refractivity (Wildman–Crippen MR) is 78.4 cm³/mol. The molecule has 1 N–H and O–H groups in total. The maximum absolute atomic E-state index is 6.33. The van der Waals surface area contributed by atoms with Gasteiger partial charge in [0.1, 0.15) is 11.9 Å². The highest BCUT2D eigenvalue weighted by Crippen LogP contribution is 2.37. The summed E-state index contributed by atoms with van der Waals surface area (Å²) in [4.78, 5) is 2.48. The Bertz CT molecular complexity index is 484. The number of benzene rings is 1. The first kappa shape index (κ1) is 13.2. The minimum absolute atomic E-state index is 0.282. The van der Waals surface area contributed by atoms with Crippen molar-refractivity contribution >= 4 is 11.6 Å². The molecule has 0 bridgehead atoms. The Hall–Kier alpha value is -0.770. The molecule has 0 aromatic heterocycles. The van der Waals surface area contributed by atoms with Crippen LogP contribution >= 0.6 is 11.6 Å². The van der Waals surface area contributed by atoms with Gasteiger partial charge >= 0.3 is 0 Å². The van der Waals surface area contributed by atoms with E-state index >= 15 is 0 Å². The fourth-order valence-corrected chi connectivity index (χ4v) is 3.22. The molecule has 3 rings (SSSR count). The number of hydrogen-bond donors (Lipinski definition) is 1. The Kier molecular flexibility index (Phi) is 3.70. The summed E-state index contributed by atoms with van der Waals surface area (Å²) in [5, 5.41) is 4.27. The summed E-state index contributed by atoms with van der Waals surface area (Å²) in [5.74, 6) is 1.04. The first-order valence-electron chi connectivity index (χ1n) is 7.03. The molecule has 104 valence electrons. The summed E-state index contributed by atoms with van der Waals surface area (Å²) in [5.41, 5.74) is 3.61. The monoisotopic (exact) mass is 280 g/mol. The molecule has 0 saturated carbocycles. The molecule has 3 nitrogen and oxygen atoms in total. The molecule has 1 aromatic rings. The lowest BCUT2D eigenvalue weighted by Gasteiger charge is -2.29. The van der Waals surface area contributed by atoms with Crippen LogP contribution in [0.5, 0.6) is 5.75 Å². The molecular weight excluding hydrogens is 260 g/mol. The van der Waals surface area contributed by atoms with Crippen LogP contribution in [-0.2, 0) is 6.42 Å². The summed E-state index contributed by atoms with van der Waals surface area (Å²) in [6, 6.07) is 2.09. The number of ether oxygens (including phenoxy) is 1. The molecule has 2 aliphatic rings. The largest absolute Gasteiger partial charge is 0.488 e. The normalized spacial score (nSPS) is 23.2. The summed E-state index contributed by atoms with van der Waals surface area (Å²) < 4.78 is 6.11. The zero-order valence-corrected chi connectivity index (χ0v) is 12.4. The van der Waals surface area contributed by atoms with Gasteiger partial charge in [-0.2, -0.15) is 0 Å². The third kappa shape index (κ3) is 2.60. The molecule has 0 amide bonds. The Morgan fingerprint density at radius 1 is 1.37 bits per heavy atom. The van der Waals surface area contributed by atoms with Crippen LogP contribution in [0, 0.1) is 13.8 Å².